The van der Waals surface area contributed by atoms with E-state index >= 15 is 28.8 Å². The number of allylic oxidation sites excluding steroid dienone is 9. The number of hydrogen-bond donors (Lipinski definition) is 20. The molecule has 10 amide bonds. The van der Waals surface area contributed by atoms with Gasteiger partial charge in [0.05, 0.1) is 40.8 Å². The SMILES string of the molecule is CN[C@H](CC(C)C)C(=O)N[C@H]1C(=O)NC2(C[C@H]2C(=O)NC(=O)Nc2ccc(OCCNCCOC)cc2)C(=O)N[C@H]2C(=O)N[C@H]3C(=O)N[C@H](C(=O)N[C@H](C(=O)NC4C5CC6CC(C5)CC4C6)C4=C[C@H](O)CC(O)=C4C4CC3=CC=C4O)[C@H](O)C3=CC=C(Oc4cc2cc(c4O[C@@H]2O[C@H](CN)[C@@H](O)[C@H](O)[C@H]2O)OC2=C(Cl)C=C(CC2)[C@H]1O)[C@@H](Cl)C3. The third-order valence-corrected chi connectivity index (χ3v) is 25.3. The molecule has 9 aliphatic carbocycles. The lowest BCUT2D eigenvalue weighted by atomic mass is 9.54. The van der Waals surface area contributed by atoms with Gasteiger partial charge in [0.15, 0.2) is 11.5 Å². The van der Waals surface area contributed by atoms with Crippen molar-refractivity contribution < 1.29 is 112 Å². The van der Waals surface area contributed by atoms with E-state index in [1.165, 1.54) is 55.6 Å². The number of benzene rings is 2. The first kappa shape index (κ1) is 85.9. The molecule has 119 heavy (non-hydrogen) atoms. The Morgan fingerprint density at radius 2 is 1.44 bits per heavy atom. The van der Waals surface area contributed by atoms with Crippen LogP contribution in [0.25, 0.3) is 0 Å². The minimum atomic E-state index is -2.59. The van der Waals surface area contributed by atoms with E-state index in [0.29, 0.717) is 37.3 Å². The van der Waals surface area contributed by atoms with Crippen molar-refractivity contribution in [2.45, 2.75) is 193 Å². The standard InChI is InChI=1S/C82H102Cl2N12O23/c1-34(2)19-51(86-3)73(106)92-65-67(101)39-7-14-55(50(84)27-39)117-57-29-42-28-56(71(57)119-79-70(104)69(103)68(102)58(33-85)118-79)116-54-13-6-38(26-49(54)83)66(100)64-77(110)91-63(76(109)89-60-40-21-35-20-36(23-40)24-41(60)22-35)47-30-44(97)31-53(99)59(47)46-25-37(5-12-52(46)98)61(74(107)93-64)90-75(108)62(42)94-80(112)82(96-78(65)111)32-48(82)72(105)95-81(113)88-43-8-10-45(11-9-43)115-18-16-87-15-17-114-4/h5-6,8-13,27-30,34-36,40-41,44,46,48-49,51,58,60-70,79,86-87,97-104H,7,14-26,31-33,85H2,1-4H3,(H,89,109)(H,90,108)(H,91,110)(H,92,106)(H,93,107)(H,94,112)(H,96,111)(H2,88,95,105,113)/t35?,36?,40?,41?,44-,46?,48-,49-,51+,58+,60?,61+,62+,63-,64-,65+,66+,67+,68+,69-,70+,79-,82?/m0/s1. The van der Waals surface area contributed by atoms with Gasteiger partial charge < -0.3 is 128 Å². The summed E-state index contributed by atoms with van der Waals surface area (Å²) in [5.74, 6) is -13.8. The maximum absolute atomic E-state index is 16.6. The van der Waals surface area contributed by atoms with Gasteiger partial charge in [-0.3, -0.25) is 43.7 Å². The number of anilines is 1. The number of aliphatic hydroxyl groups is 8. The number of methoxy groups -OCH3 is 1. The fourth-order valence-electron chi connectivity index (χ4n) is 18.5. The molecule has 17 rings (SSSR count). The first-order valence-corrected chi connectivity index (χ1v) is 41.1. The second-order valence-corrected chi connectivity index (χ2v) is 34.0. The molecular weight excluding hydrogens is 1590 g/mol. The van der Waals surface area contributed by atoms with Gasteiger partial charge in [0, 0.05) is 62.8 Å². The molecule has 1 spiro atoms. The van der Waals surface area contributed by atoms with Crippen LogP contribution in [0.3, 0.4) is 0 Å². The molecule has 2 saturated heterocycles. The second-order valence-electron chi connectivity index (χ2n) is 33.1. The number of carbonyl (C=O) groups excluding carboxylic acids is 9. The molecule has 0 radical (unpaired) electrons. The highest BCUT2D eigenvalue weighted by Crippen LogP contribution is 2.55. The normalized spacial score (nSPS) is 33.8. The van der Waals surface area contributed by atoms with Crippen molar-refractivity contribution >= 4 is 82.2 Å². The summed E-state index contributed by atoms with van der Waals surface area (Å²) in [6.07, 6.45) is -4.91. The Morgan fingerprint density at radius 3 is 2.12 bits per heavy atom. The van der Waals surface area contributed by atoms with Crippen molar-refractivity contribution in [1.82, 2.24) is 53.2 Å². The van der Waals surface area contributed by atoms with Crippen LogP contribution >= 0.6 is 23.2 Å². The molecule has 2 unspecified atom stereocenters. The number of nitrogens with one attached hydrogen (secondary N) is 11. The lowest BCUT2D eigenvalue weighted by molar-refractivity contribution is -0.270. The minimum Gasteiger partial charge on any atom is -0.512 e. The maximum Gasteiger partial charge on any atom is 0.325 e. The van der Waals surface area contributed by atoms with E-state index in [-0.39, 0.29) is 99.8 Å². The molecule has 6 heterocycles. The molecule has 2 aromatic carbocycles. The topological polar surface area (TPSA) is 529 Å². The molecular formula is C82H102Cl2N12O23. The third kappa shape index (κ3) is 18.3. The van der Waals surface area contributed by atoms with Crippen LogP contribution in [0.1, 0.15) is 103 Å². The third-order valence-electron chi connectivity index (χ3n) is 24.6. The minimum absolute atomic E-state index is 0.0198. The summed E-state index contributed by atoms with van der Waals surface area (Å²) in [5, 5.41) is 124. The van der Waals surface area contributed by atoms with Crippen LogP contribution in [-0.2, 0) is 47.8 Å². The molecule has 18 atom stereocenters. The highest BCUT2D eigenvalue weighted by molar-refractivity contribution is 6.31. The van der Waals surface area contributed by atoms with Crippen molar-refractivity contribution in [1.29, 1.82) is 0 Å². The molecule has 35 nitrogen and oxygen atoms in total. The van der Waals surface area contributed by atoms with Gasteiger partial charge >= 0.3 is 6.03 Å². The van der Waals surface area contributed by atoms with E-state index in [1.54, 1.807) is 19.2 Å². The number of ether oxygens (including phenoxy) is 6. The van der Waals surface area contributed by atoms with Crippen LogP contribution in [0, 0.1) is 41.4 Å². The Bertz CT molecular complexity index is 4580. The summed E-state index contributed by atoms with van der Waals surface area (Å²) in [7, 11) is 3.08. The van der Waals surface area contributed by atoms with E-state index in [0.717, 1.165) is 44.2 Å². The fourth-order valence-corrected chi connectivity index (χ4v) is 19.1. The van der Waals surface area contributed by atoms with E-state index in [1.807, 2.05) is 13.8 Å². The average molecular weight is 1690 g/mol. The Balaban J connectivity index is 0.908. The summed E-state index contributed by atoms with van der Waals surface area (Å²) >= 11 is 14.6. The lowest BCUT2D eigenvalue weighted by Crippen LogP contribution is -2.64. The number of halogens is 2. The van der Waals surface area contributed by atoms with Gasteiger partial charge in [0.25, 0.3) is 0 Å². The van der Waals surface area contributed by atoms with Crippen molar-refractivity contribution in [3.8, 4) is 23.0 Å². The molecule has 37 heteroatoms. The number of fused-ring (bicyclic) bond motifs is 13. The number of alkyl halides is 1. The van der Waals surface area contributed by atoms with E-state index < -0.39 is 228 Å². The predicted octanol–water partition coefficient (Wildman–Crippen LogP) is 0.745. The van der Waals surface area contributed by atoms with Crippen LogP contribution in [0.15, 0.2) is 129 Å². The largest absolute Gasteiger partial charge is 0.512 e. The summed E-state index contributed by atoms with van der Waals surface area (Å²) in [5.41, 5.74) is 2.86. The quantitative estimate of drug-likeness (QED) is 0.0681. The van der Waals surface area contributed by atoms with Crippen molar-refractivity contribution in [2.75, 3.05) is 52.3 Å². The Hall–Kier alpha value is -9.47. The number of rotatable bonds is 19. The first-order valence-electron chi connectivity index (χ1n) is 40.3. The zero-order valence-corrected chi connectivity index (χ0v) is 67.3. The zero-order chi connectivity index (χ0) is 84.7. The van der Waals surface area contributed by atoms with Crippen LogP contribution in [0.4, 0.5) is 10.5 Å². The van der Waals surface area contributed by atoms with Crippen LogP contribution in [-0.4, -0.2) is 237 Å². The number of likely N-dealkylation sites (N-methyl/N-ethyl adjacent to an activating group) is 1. The predicted molar refractivity (Wildman–Crippen MR) is 425 cm³/mol. The van der Waals surface area contributed by atoms with Crippen molar-refractivity contribution in [2.24, 2.45) is 47.2 Å². The number of carbonyl (C=O) groups is 9. The molecule has 15 bridgehead atoms. The Labute approximate surface area is 694 Å². The molecule has 2 aromatic rings. The Kier molecular flexibility index (Phi) is 26.0. The number of aliphatic hydroxyl groups excluding tert-OH is 8. The van der Waals surface area contributed by atoms with Gasteiger partial charge in [-0.15, -0.1) is 11.6 Å². The van der Waals surface area contributed by atoms with Crippen LogP contribution < -0.4 is 83.2 Å². The van der Waals surface area contributed by atoms with E-state index in [9.17, 15) is 55.2 Å². The van der Waals surface area contributed by atoms with Crippen LogP contribution in [0.2, 0.25) is 0 Å². The van der Waals surface area contributed by atoms with Gasteiger partial charge in [-0.2, -0.15) is 0 Å². The summed E-state index contributed by atoms with van der Waals surface area (Å²) in [6.45, 7) is 5.09. The number of hydrogen-bond acceptors (Lipinski definition) is 26. The number of nitrogens with two attached hydrogens (primary N) is 1. The molecule has 642 valence electrons. The number of amides is 10. The lowest BCUT2D eigenvalue weighted by Gasteiger charge is -2.54. The highest BCUT2D eigenvalue weighted by atomic mass is 35.5. The summed E-state index contributed by atoms with van der Waals surface area (Å²) in [4.78, 5) is 139. The average Bonchev–Trinajstić information content (AvgIpc) is 1.58. The number of urea groups is 1. The van der Waals surface area contributed by atoms with Crippen molar-refractivity contribution in [3.63, 3.8) is 0 Å². The number of imide groups is 1. The van der Waals surface area contributed by atoms with Crippen molar-refractivity contribution in [3.05, 3.63) is 134 Å². The second kappa shape index (κ2) is 36.1. The van der Waals surface area contributed by atoms with E-state index in [2.05, 4.69) is 58.5 Å². The zero-order valence-electron chi connectivity index (χ0n) is 65.8. The van der Waals surface area contributed by atoms with Crippen LogP contribution in [0.5, 0.6) is 23.0 Å². The molecule has 7 fully saturated rings. The summed E-state index contributed by atoms with van der Waals surface area (Å²) < 4.78 is 36.9. The van der Waals surface area contributed by atoms with Gasteiger partial charge in [-0.25, -0.2) is 4.79 Å². The Morgan fingerprint density at radius 1 is 0.739 bits per heavy atom. The molecule has 6 aliphatic heterocycles. The highest BCUT2D eigenvalue weighted by Gasteiger charge is 2.66. The van der Waals surface area contributed by atoms with Gasteiger partial charge in [-0.05, 0) is 189 Å². The smallest absolute Gasteiger partial charge is 0.325 e. The van der Waals surface area contributed by atoms with Gasteiger partial charge in [-0.1, -0.05) is 37.6 Å². The fraction of sp³-hybridized carbons (Fsp3) is 0.549. The van der Waals surface area contributed by atoms with E-state index in [4.69, 9.17) is 57.4 Å². The first-order chi connectivity index (χ1) is 56.9. The molecule has 5 saturated carbocycles. The van der Waals surface area contributed by atoms with Gasteiger partial charge in [0.1, 0.15) is 102 Å². The monoisotopic (exact) mass is 1690 g/mol. The maximum atomic E-state index is 16.6. The molecule has 0 aromatic heterocycles. The van der Waals surface area contributed by atoms with Gasteiger partial charge in [0.2, 0.25) is 59.3 Å². The molecule has 21 N–H and O–H groups in total. The summed E-state index contributed by atoms with van der Waals surface area (Å²) in [6, 6.07) is -4.47. The molecule has 15 aliphatic rings.